The zero-order valence-electron chi connectivity index (χ0n) is 16.5. The monoisotopic (exact) mass is 389 g/mol. The van der Waals surface area contributed by atoms with Crippen molar-refractivity contribution in [2.45, 2.75) is 20.5 Å². The van der Waals surface area contributed by atoms with Crippen molar-refractivity contribution in [1.29, 1.82) is 0 Å². The molecule has 0 saturated heterocycles. The fraction of sp³-hybridized carbons (Fsp3) is 0.167. The Morgan fingerprint density at radius 3 is 2.14 bits per heavy atom. The Kier molecular flexibility index (Phi) is 6.63. The van der Waals surface area contributed by atoms with Gasteiger partial charge in [0.25, 0.3) is 5.91 Å². The standard InChI is InChI=1S/C24H23NO4/c1-17-7-6-8-18(2)23(17)25-22(26)16-29-24(27)20-11-13-21(14-12-20)28-15-19-9-4-3-5-10-19/h3-14H,15-16H2,1-2H3,(H,25,26). The molecule has 3 aromatic carbocycles. The number of amides is 1. The third kappa shape index (κ3) is 5.69. The van der Waals surface area contributed by atoms with Crippen LogP contribution < -0.4 is 10.1 Å². The van der Waals surface area contributed by atoms with Gasteiger partial charge < -0.3 is 14.8 Å². The lowest BCUT2D eigenvalue weighted by atomic mass is 10.1. The summed E-state index contributed by atoms with van der Waals surface area (Å²) >= 11 is 0. The molecule has 5 nitrogen and oxygen atoms in total. The Bertz CT molecular complexity index is 961. The van der Waals surface area contributed by atoms with Gasteiger partial charge >= 0.3 is 5.97 Å². The van der Waals surface area contributed by atoms with Gasteiger partial charge in [-0.15, -0.1) is 0 Å². The van der Waals surface area contributed by atoms with Crippen LogP contribution in [0.3, 0.4) is 0 Å². The zero-order valence-corrected chi connectivity index (χ0v) is 16.5. The first-order valence-electron chi connectivity index (χ1n) is 9.33. The molecular formula is C24H23NO4. The van der Waals surface area contributed by atoms with Gasteiger partial charge in [0, 0.05) is 5.69 Å². The summed E-state index contributed by atoms with van der Waals surface area (Å²) in [5, 5.41) is 2.79. The first kappa shape index (κ1) is 20.1. The number of rotatable bonds is 7. The van der Waals surface area contributed by atoms with Gasteiger partial charge in [-0.25, -0.2) is 4.79 Å². The van der Waals surface area contributed by atoms with Gasteiger partial charge in [0.15, 0.2) is 6.61 Å². The molecule has 0 aliphatic heterocycles. The van der Waals surface area contributed by atoms with E-state index in [0.717, 1.165) is 22.4 Å². The van der Waals surface area contributed by atoms with Crippen molar-refractivity contribution in [1.82, 2.24) is 0 Å². The second-order valence-corrected chi connectivity index (χ2v) is 6.69. The van der Waals surface area contributed by atoms with E-state index in [4.69, 9.17) is 9.47 Å². The van der Waals surface area contributed by atoms with Crippen molar-refractivity contribution in [2.75, 3.05) is 11.9 Å². The Hall–Kier alpha value is -3.60. The fourth-order valence-electron chi connectivity index (χ4n) is 2.83. The average molecular weight is 389 g/mol. The molecule has 1 N–H and O–H groups in total. The summed E-state index contributed by atoms with van der Waals surface area (Å²) in [6, 6.07) is 22.2. The van der Waals surface area contributed by atoms with Crippen LogP contribution in [0.4, 0.5) is 5.69 Å². The van der Waals surface area contributed by atoms with E-state index < -0.39 is 5.97 Å². The summed E-state index contributed by atoms with van der Waals surface area (Å²) in [5.41, 5.74) is 4.07. The van der Waals surface area contributed by atoms with Crippen LogP contribution in [0.5, 0.6) is 5.75 Å². The third-order valence-corrected chi connectivity index (χ3v) is 4.42. The van der Waals surface area contributed by atoms with Crippen LogP contribution in [0.15, 0.2) is 72.8 Å². The highest BCUT2D eigenvalue weighted by Gasteiger charge is 2.12. The number of hydrogen-bond donors (Lipinski definition) is 1. The molecule has 3 rings (SSSR count). The summed E-state index contributed by atoms with van der Waals surface area (Å²) in [4.78, 5) is 24.3. The molecule has 0 fully saturated rings. The molecule has 0 spiro atoms. The molecule has 29 heavy (non-hydrogen) atoms. The van der Waals surface area contributed by atoms with Gasteiger partial charge in [-0.05, 0) is 54.8 Å². The molecule has 0 aromatic heterocycles. The van der Waals surface area contributed by atoms with E-state index >= 15 is 0 Å². The molecule has 3 aromatic rings. The molecule has 0 aliphatic carbocycles. The van der Waals surface area contributed by atoms with E-state index in [0.29, 0.717) is 17.9 Å². The molecule has 0 heterocycles. The van der Waals surface area contributed by atoms with Gasteiger partial charge in [-0.2, -0.15) is 0 Å². The van der Waals surface area contributed by atoms with Crippen LogP contribution in [0.2, 0.25) is 0 Å². The maximum Gasteiger partial charge on any atom is 0.338 e. The number of benzene rings is 3. The Balaban J connectivity index is 1.49. The van der Waals surface area contributed by atoms with Crippen LogP contribution in [0.25, 0.3) is 0 Å². The number of carbonyl (C=O) groups is 2. The highest BCUT2D eigenvalue weighted by Crippen LogP contribution is 2.19. The summed E-state index contributed by atoms with van der Waals surface area (Å²) in [7, 11) is 0. The number of aryl methyl sites for hydroxylation is 2. The lowest BCUT2D eigenvalue weighted by molar-refractivity contribution is -0.119. The summed E-state index contributed by atoms with van der Waals surface area (Å²) in [6.07, 6.45) is 0. The Morgan fingerprint density at radius 1 is 0.828 bits per heavy atom. The number of esters is 1. The van der Waals surface area contributed by atoms with E-state index in [1.165, 1.54) is 0 Å². The molecule has 0 unspecified atom stereocenters. The van der Waals surface area contributed by atoms with E-state index in [9.17, 15) is 9.59 Å². The molecule has 0 radical (unpaired) electrons. The maximum absolute atomic E-state index is 12.2. The number of anilines is 1. The van der Waals surface area contributed by atoms with Gasteiger partial charge in [0.05, 0.1) is 5.56 Å². The topological polar surface area (TPSA) is 64.6 Å². The van der Waals surface area contributed by atoms with Crippen LogP contribution >= 0.6 is 0 Å². The second-order valence-electron chi connectivity index (χ2n) is 6.69. The Morgan fingerprint density at radius 2 is 1.48 bits per heavy atom. The number of ether oxygens (including phenoxy) is 2. The van der Waals surface area contributed by atoms with Crippen LogP contribution in [-0.4, -0.2) is 18.5 Å². The summed E-state index contributed by atoms with van der Waals surface area (Å²) in [6.45, 7) is 3.92. The summed E-state index contributed by atoms with van der Waals surface area (Å²) in [5.74, 6) is -0.284. The van der Waals surface area contributed by atoms with E-state index in [2.05, 4.69) is 5.32 Å². The predicted octanol–water partition coefficient (Wildman–Crippen LogP) is 4.68. The minimum atomic E-state index is -0.559. The normalized spacial score (nSPS) is 10.3. The number of nitrogens with one attached hydrogen (secondary N) is 1. The minimum absolute atomic E-state index is 0.348. The predicted molar refractivity (Wildman–Crippen MR) is 112 cm³/mol. The number of hydrogen-bond acceptors (Lipinski definition) is 4. The van der Waals surface area contributed by atoms with Crippen molar-refractivity contribution >= 4 is 17.6 Å². The largest absolute Gasteiger partial charge is 0.489 e. The smallest absolute Gasteiger partial charge is 0.338 e. The lowest BCUT2D eigenvalue weighted by Gasteiger charge is -2.11. The molecule has 5 heteroatoms. The highest BCUT2D eigenvalue weighted by atomic mass is 16.5. The van der Waals surface area contributed by atoms with E-state index in [1.54, 1.807) is 24.3 Å². The molecule has 0 saturated carbocycles. The maximum atomic E-state index is 12.2. The fourth-order valence-corrected chi connectivity index (χ4v) is 2.83. The van der Waals surface area contributed by atoms with Gasteiger partial charge in [-0.3, -0.25) is 4.79 Å². The molecule has 0 atom stereocenters. The first-order valence-corrected chi connectivity index (χ1v) is 9.33. The minimum Gasteiger partial charge on any atom is -0.489 e. The summed E-state index contributed by atoms with van der Waals surface area (Å²) < 4.78 is 10.8. The second kappa shape index (κ2) is 9.55. The highest BCUT2D eigenvalue weighted by molar-refractivity contribution is 5.96. The third-order valence-electron chi connectivity index (χ3n) is 4.42. The lowest BCUT2D eigenvalue weighted by Crippen LogP contribution is -2.21. The van der Waals surface area contributed by atoms with Crippen molar-refractivity contribution in [3.63, 3.8) is 0 Å². The Labute approximate surface area is 170 Å². The SMILES string of the molecule is Cc1cccc(C)c1NC(=O)COC(=O)c1ccc(OCc2ccccc2)cc1. The van der Waals surface area contributed by atoms with Crippen LogP contribution in [-0.2, 0) is 16.1 Å². The van der Waals surface area contributed by atoms with E-state index in [1.807, 2.05) is 62.4 Å². The quantitative estimate of drug-likeness (QED) is 0.596. The van der Waals surface area contributed by atoms with Crippen LogP contribution in [0, 0.1) is 13.8 Å². The van der Waals surface area contributed by atoms with E-state index in [-0.39, 0.29) is 12.5 Å². The van der Waals surface area contributed by atoms with Crippen LogP contribution in [0.1, 0.15) is 27.0 Å². The molecule has 0 bridgehead atoms. The van der Waals surface area contributed by atoms with Crippen molar-refractivity contribution in [3.8, 4) is 5.75 Å². The number of para-hydroxylation sites is 1. The van der Waals surface area contributed by atoms with Gasteiger partial charge in [0.2, 0.25) is 0 Å². The molecule has 0 aliphatic rings. The van der Waals surface area contributed by atoms with Gasteiger partial charge in [-0.1, -0.05) is 48.5 Å². The van der Waals surface area contributed by atoms with Crippen molar-refractivity contribution < 1.29 is 19.1 Å². The number of carbonyl (C=O) groups excluding carboxylic acids is 2. The molecule has 1 amide bonds. The van der Waals surface area contributed by atoms with Gasteiger partial charge in [0.1, 0.15) is 12.4 Å². The van der Waals surface area contributed by atoms with Crippen molar-refractivity contribution in [2.24, 2.45) is 0 Å². The first-order chi connectivity index (χ1) is 14.0. The molecular weight excluding hydrogens is 366 g/mol. The van der Waals surface area contributed by atoms with Crippen molar-refractivity contribution in [3.05, 3.63) is 95.1 Å². The zero-order chi connectivity index (χ0) is 20.6. The average Bonchev–Trinajstić information content (AvgIpc) is 2.74. The molecule has 148 valence electrons.